The summed E-state index contributed by atoms with van der Waals surface area (Å²) in [5.74, 6) is 0.481. The molecule has 1 aromatic heterocycles. The lowest BCUT2D eigenvalue weighted by atomic mass is 9.77. The molecule has 0 bridgehead atoms. The van der Waals surface area contributed by atoms with Crippen molar-refractivity contribution in [3.8, 4) is 0 Å². The number of aryl methyl sites for hydroxylation is 1. The van der Waals surface area contributed by atoms with Gasteiger partial charge in [-0.1, -0.05) is 31.0 Å². The molecule has 1 fully saturated rings. The van der Waals surface area contributed by atoms with Crippen LogP contribution in [0.2, 0.25) is 0 Å². The van der Waals surface area contributed by atoms with Gasteiger partial charge in [0.05, 0.1) is 11.0 Å². The van der Waals surface area contributed by atoms with Gasteiger partial charge in [-0.2, -0.15) is 18.3 Å². The van der Waals surface area contributed by atoms with Crippen molar-refractivity contribution >= 4 is 18.1 Å². The maximum atomic E-state index is 13.1. The zero-order chi connectivity index (χ0) is 19.7. The van der Waals surface area contributed by atoms with E-state index in [9.17, 15) is 18.0 Å². The fraction of sp³-hybridized carbons (Fsp3) is 0.500. The van der Waals surface area contributed by atoms with Crippen LogP contribution in [0.4, 0.5) is 13.2 Å². The standard InChI is InChI=1S/C18H21F3N4OS/c1-12-23-24-16(27)25(12)10-9-22-15(26)17(7-2-3-8-17)13-5-4-6-14(11-13)18(19,20)21/h4-6,11H,2-3,7-10H2,1H3,(H,22,26)(H,24,27). The summed E-state index contributed by atoms with van der Waals surface area (Å²) >= 11 is 5.13. The van der Waals surface area contributed by atoms with Crippen molar-refractivity contribution in [2.45, 2.75) is 50.7 Å². The highest BCUT2D eigenvalue weighted by molar-refractivity contribution is 7.71. The van der Waals surface area contributed by atoms with Crippen molar-refractivity contribution in [1.29, 1.82) is 0 Å². The number of amides is 1. The lowest BCUT2D eigenvalue weighted by Crippen LogP contribution is -2.43. The average Bonchev–Trinajstić information content (AvgIpc) is 3.24. The van der Waals surface area contributed by atoms with Gasteiger partial charge in [-0.3, -0.25) is 9.89 Å². The lowest BCUT2D eigenvalue weighted by Gasteiger charge is -2.29. The molecule has 1 saturated carbocycles. The lowest BCUT2D eigenvalue weighted by molar-refractivity contribution is -0.138. The minimum Gasteiger partial charge on any atom is -0.354 e. The van der Waals surface area contributed by atoms with Crippen molar-refractivity contribution in [2.24, 2.45) is 0 Å². The van der Waals surface area contributed by atoms with Crippen LogP contribution in [0.15, 0.2) is 24.3 Å². The van der Waals surface area contributed by atoms with Crippen LogP contribution < -0.4 is 5.32 Å². The number of hydrogen-bond acceptors (Lipinski definition) is 3. The predicted octanol–water partition coefficient (Wildman–Crippen LogP) is 3.90. The normalized spacial score (nSPS) is 16.4. The Balaban J connectivity index is 1.78. The summed E-state index contributed by atoms with van der Waals surface area (Å²) < 4.78 is 41.5. The first-order valence-electron chi connectivity index (χ1n) is 8.82. The van der Waals surface area contributed by atoms with Crippen LogP contribution in [-0.2, 0) is 22.9 Å². The van der Waals surface area contributed by atoms with Gasteiger partial charge in [0.1, 0.15) is 5.82 Å². The number of halogens is 3. The summed E-state index contributed by atoms with van der Waals surface area (Å²) in [5.41, 5.74) is -1.20. The molecule has 9 heteroatoms. The summed E-state index contributed by atoms with van der Waals surface area (Å²) in [7, 11) is 0. The Morgan fingerprint density at radius 3 is 2.67 bits per heavy atom. The molecule has 27 heavy (non-hydrogen) atoms. The third-order valence-electron chi connectivity index (χ3n) is 5.20. The molecule has 0 saturated heterocycles. The van der Waals surface area contributed by atoms with Gasteiger partial charge in [0, 0.05) is 13.1 Å². The van der Waals surface area contributed by atoms with Crippen LogP contribution >= 0.6 is 12.2 Å². The molecule has 0 spiro atoms. The second-order valence-corrected chi connectivity index (χ2v) is 7.24. The zero-order valence-electron chi connectivity index (χ0n) is 14.9. The molecule has 1 aromatic carbocycles. The Labute approximate surface area is 160 Å². The number of nitrogens with one attached hydrogen (secondary N) is 2. The molecule has 5 nitrogen and oxygen atoms in total. The zero-order valence-corrected chi connectivity index (χ0v) is 15.7. The van der Waals surface area contributed by atoms with Crippen LogP contribution in [0, 0.1) is 11.7 Å². The van der Waals surface area contributed by atoms with E-state index in [2.05, 4.69) is 15.5 Å². The molecule has 0 unspecified atom stereocenters. The average molecular weight is 398 g/mol. The minimum absolute atomic E-state index is 0.230. The number of aromatic nitrogens is 3. The van der Waals surface area contributed by atoms with Gasteiger partial charge in [0.25, 0.3) is 0 Å². The summed E-state index contributed by atoms with van der Waals surface area (Å²) in [6, 6.07) is 5.14. The number of benzene rings is 1. The van der Waals surface area contributed by atoms with E-state index in [0.717, 1.165) is 25.0 Å². The number of aromatic amines is 1. The summed E-state index contributed by atoms with van der Waals surface area (Å²) in [4.78, 5) is 13.0. The Bertz CT molecular complexity index is 881. The minimum atomic E-state index is -4.43. The van der Waals surface area contributed by atoms with Crippen LogP contribution in [-0.4, -0.2) is 27.2 Å². The third-order valence-corrected chi connectivity index (χ3v) is 5.52. The molecular weight excluding hydrogens is 377 g/mol. The summed E-state index contributed by atoms with van der Waals surface area (Å²) in [5, 5.41) is 9.58. The predicted molar refractivity (Wildman–Crippen MR) is 96.7 cm³/mol. The van der Waals surface area contributed by atoms with Crippen LogP contribution in [0.25, 0.3) is 0 Å². The van der Waals surface area contributed by atoms with Crippen LogP contribution in [0.1, 0.15) is 42.6 Å². The highest BCUT2D eigenvalue weighted by Crippen LogP contribution is 2.43. The molecule has 2 N–H and O–H groups in total. The number of alkyl halides is 3. The fourth-order valence-electron chi connectivity index (χ4n) is 3.73. The van der Waals surface area contributed by atoms with E-state index in [1.54, 1.807) is 17.6 Å². The molecule has 0 radical (unpaired) electrons. The Hall–Kier alpha value is -2.16. The Kier molecular flexibility index (Phi) is 5.41. The van der Waals surface area contributed by atoms with Crippen molar-refractivity contribution in [1.82, 2.24) is 20.1 Å². The van der Waals surface area contributed by atoms with Gasteiger partial charge >= 0.3 is 6.18 Å². The monoisotopic (exact) mass is 398 g/mol. The molecule has 0 atom stereocenters. The maximum Gasteiger partial charge on any atom is 0.416 e. The molecular formula is C18H21F3N4OS. The van der Waals surface area contributed by atoms with Crippen molar-refractivity contribution < 1.29 is 18.0 Å². The molecule has 146 valence electrons. The molecule has 1 heterocycles. The van der Waals surface area contributed by atoms with E-state index in [1.165, 1.54) is 6.07 Å². The first-order chi connectivity index (χ1) is 12.7. The van der Waals surface area contributed by atoms with Crippen molar-refractivity contribution in [3.63, 3.8) is 0 Å². The van der Waals surface area contributed by atoms with E-state index in [1.807, 2.05) is 0 Å². The van der Waals surface area contributed by atoms with Gasteiger partial charge in [0.2, 0.25) is 5.91 Å². The highest BCUT2D eigenvalue weighted by Gasteiger charge is 2.43. The van der Waals surface area contributed by atoms with Gasteiger partial charge < -0.3 is 9.88 Å². The fourth-order valence-corrected chi connectivity index (χ4v) is 4.00. The van der Waals surface area contributed by atoms with E-state index >= 15 is 0 Å². The number of carbonyl (C=O) groups excluding carboxylic acids is 1. The summed E-state index contributed by atoms with van der Waals surface area (Å²) in [6.45, 7) is 2.58. The number of carbonyl (C=O) groups is 1. The maximum absolute atomic E-state index is 13.1. The molecule has 1 aliphatic carbocycles. The molecule has 3 rings (SSSR count). The van der Waals surface area contributed by atoms with Gasteiger partial charge in [0.15, 0.2) is 4.77 Å². The summed E-state index contributed by atoms with van der Waals surface area (Å²) in [6.07, 6.45) is -1.71. The molecule has 1 aliphatic rings. The van der Waals surface area contributed by atoms with Crippen LogP contribution in [0.5, 0.6) is 0 Å². The van der Waals surface area contributed by atoms with Gasteiger partial charge in [-0.05, 0) is 43.6 Å². The number of rotatable bonds is 5. The van der Waals surface area contributed by atoms with Gasteiger partial charge in [-0.15, -0.1) is 0 Å². The molecule has 0 aliphatic heterocycles. The van der Waals surface area contributed by atoms with Crippen molar-refractivity contribution in [3.05, 3.63) is 46.0 Å². The number of hydrogen-bond donors (Lipinski definition) is 2. The molecule has 2 aromatic rings. The number of nitrogens with zero attached hydrogens (tertiary/aromatic N) is 2. The van der Waals surface area contributed by atoms with Gasteiger partial charge in [-0.25, -0.2) is 0 Å². The highest BCUT2D eigenvalue weighted by atomic mass is 32.1. The second kappa shape index (κ2) is 7.46. The topological polar surface area (TPSA) is 62.7 Å². The molecule has 1 amide bonds. The number of H-pyrrole nitrogens is 1. The van der Waals surface area contributed by atoms with E-state index in [0.29, 0.717) is 42.1 Å². The Morgan fingerprint density at radius 2 is 2.07 bits per heavy atom. The largest absolute Gasteiger partial charge is 0.416 e. The quantitative estimate of drug-likeness (QED) is 0.751. The first kappa shape index (κ1) is 19.6. The van der Waals surface area contributed by atoms with E-state index < -0.39 is 17.2 Å². The third kappa shape index (κ3) is 3.92. The SMILES string of the molecule is Cc1n[nH]c(=S)n1CCNC(=O)C1(c2cccc(C(F)(F)F)c2)CCCC1. The smallest absolute Gasteiger partial charge is 0.354 e. The second-order valence-electron chi connectivity index (χ2n) is 6.85. The van der Waals surface area contributed by atoms with Crippen LogP contribution in [0.3, 0.4) is 0 Å². The van der Waals surface area contributed by atoms with E-state index in [4.69, 9.17) is 12.2 Å². The Morgan fingerprint density at radius 1 is 1.37 bits per heavy atom. The first-order valence-corrected chi connectivity index (χ1v) is 9.23. The van der Waals surface area contributed by atoms with E-state index in [-0.39, 0.29) is 5.91 Å². The van der Waals surface area contributed by atoms with Crippen molar-refractivity contribution in [2.75, 3.05) is 6.54 Å².